The number of rotatable bonds is 4. The first-order valence-corrected chi connectivity index (χ1v) is 9.13. The number of carboxylic acid groups (broad SMARTS) is 1. The van der Waals surface area contributed by atoms with E-state index < -0.39 is 11.5 Å². The Morgan fingerprint density at radius 1 is 1.28 bits per heavy atom. The van der Waals surface area contributed by atoms with Crippen LogP contribution in [0.4, 0.5) is 4.79 Å². The van der Waals surface area contributed by atoms with E-state index in [0.717, 1.165) is 50.6 Å². The number of hydrogen-bond acceptors (Lipinski definition) is 4. The molecule has 2 amide bonds. The summed E-state index contributed by atoms with van der Waals surface area (Å²) in [4.78, 5) is 34.2. The summed E-state index contributed by atoms with van der Waals surface area (Å²) in [6.07, 6.45) is 9.73. The highest BCUT2D eigenvalue weighted by Crippen LogP contribution is 2.32. The highest BCUT2D eigenvalue weighted by molar-refractivity contribution is 5.77. The van der Waals surface area contributed by atoms with Crippen molar-refractivity contribution in [2.75, 3.05) is 13.1 Å². The summed E-state index contributed by atoms with van der Waals surface area (Å²) in [5, 5.41) is 12.3. The maximum atomic E-state index is 12.8. The van der Waals surface area contributed by atoms with Crippen molar-refractivity contribution in [3.8, 4) is 0 Å². The first-order chi connectivity index (χ1) is 12.1. The average Bonchev–Trinajstić information content (AvgIpc) is 2.62. The summed E-state index contributed by atoms with van der Waals surface area (Å²) in [6.45, 7) is 1.32. The number of nitrogens with zero attached hydrogens (tertiary/aromatic N) is 3. The van der Waals surface area contributed by atoms with Gasteiger partial charge in [0.05, 0.1) is 12.0 Å². The van der Waals surface area contributed by atoms with Crippen LogP contribution in [0.25, 0.3) is 0 Å². The maximum absolute atomic E-state index is 12.8. The van der Waals surface area contributed by atoms with Crippen LogP contribution < -0.4 is 5.32 Å². The number of piperidine rings is 1. The van der Waals surface area contributed by atoms with Gasteiger partial charge in [-0.15, -0.1) is 0 Å². The second kappa shape index (κ2) is 7.80. The minimum atomic E-state index is -0.847. The predicted octanol–water partition coefficient (Wildman–Crippen LogP) is 2.54. The molecule has 7 nitrogen and oxygen atoms in total. The Morgan fingerprint density at radius 2 is 2.08 bits per heavy atom. The van der Waals surface area contributed by atoms with E-state index in [1.54, 1.807) is 6.20 Å². The molecule has 1 saturated heterocycles. The molecule has 1 aliphatic heterocycles. The lowest BCUT2D eigenvalue weighted by Gasteiger charge is -2.40. The van der Waals surface area contributed by atoms with Gasteiger partial charge in [0, 0.05) is 30.9 Å². The monoisotopic (exact) mass is 346 g/mol. The van der Waals surface area contributed by atoms with Gasteiger partial charge in [-0.25, -0.2) is 14.8 Å². The molecule has 25 heavy (non-hydrogen) atoms. The van der Waals surface area contributed by atoms with Crippen molar-refractivity contribution in [2.45, 2.75) is 62.8 Å². The van der Waals surface area contributed by atoms with Gasteiger partial charge in [0.15, 0.2) is 0 Å². The lowest BCUT2D eigenvalue weighted by molar-refractivity contribution is -0.139. The zero-order valence-electron chi connectivity index (χ0n) is 14.5. The summed E-state index contributed by atoms with van der Waals surface area (Å²) in [7, 11) is 0. The van der Waals surface area contributed by atoms with E-state index in [9.17, 15) is 14.7 Å². The first-order valence-electron chi connectivity index (χ1n) is 9.13. The Bertz CT molecular complexity index is 602. The van der Waals surface area contributed by atoms with Crippen LogP contribution in [0, 0.1) is 0 Å². The molecule has 2 N–H and O–H groups in total. The van der Waals surface area contributed by atoms with Crippen molar-refractivity contribution in [3.05, 3.63) is 24.3 Å². The fourth-order valence-electron chi connectivity index (χ4n) is 4.12. The van der Waals surface area contributed by atoms with E-state index in [2.05, 4.69) is 15.3 Å². The predicted molar refractivity (Wildman–Crippen MR) is 92.2 cm³/mol. The van der Waals surface area contributed by atoms with Gasteiger partial charge in [-0.2, -0.15) is 0 Å². The van der Waals surface area contributed by atoms with E-state index in [1.165, 1.54) is 6.33 Å². The van der Waals surface area contributed by atoms with Gasteiger partial charge < -0.3 is 15.3 Å². The lowest BCUT2D eigenvalue weighted by atomic mass is 9.79. The van der Waals surface area contributed by atoms with Gasteiger partial charge in [0.2, 0.25) is 0 Å². The van der Waals surface area contributed by atoms with Crippen molar-refractivity contribution >= 4 is 12.0 Å². The van der Waals surface area contributed by atoms with Crippen LogP contribution in [0.1, 0.15) is 63.0 Å². The molecule has 0 aromatic carbocycles. The number of carbonyl (C=O) groups excluding carboxylic acids is 1. The number of aliphatic carboxylic acids is 1. The molecule has 0 spiro atoms. The van der Waals surface area contributed by atoms with Gasteiger partial charge in [-0.1, -0.05) is 19.3 Å². The fourth-order valence-corrected chi connectivity index (χ4v) is 4.12. The molecular formula is C18H26N4O3. The quantitative estimate of drug-likeness (QED) is 0.873. The van der Waals surface area contributed by atoms with Crippen LogP contribution in [-0.4, -0.2) is 50.6 Å². The number of amides is 2. The van der Waals surface area contributed by atoms with Gasteiger partial charge >= 0.3 is 12.0 Å². The Labute approximate surface area is 147 Å². The van der Waals surface area contributed by atoms with Crippen molar-refractivity contribution < 1.29 is 14.7 Å². The van der Waals surface area contributed by atoms with Crippen LogP contribution >= 0.6 is 0 Å². The highest BCUT2D eigenvalue weighted by atomic mass is 16.4. The minimum Gasteiger partial charge on any atom is -0.481 e. The smallest absolute Gasteiger partial charge is 0.317 e. The maximum Gasteiger partial charge on any atom is 0.317 e. The molecule has 1 saturated carbocycles. The normalized spacial score (nSPS) is 23.0. The second-order valence-electron chi connectivity index (χ2n) is 7.26. The molecule has 1 atom stereocenters. The molecule has 0 bridgehead atoms. The zero-order valence-corrected chi connectivity index (χ0v) is 14.5. The summed E-state index contributed by atoms with van der Waals surface area (Å²) in [6, 6.07) is 1.76. The third kappa shape index (κ3) is 4.46. The molecule has 3 rings (SSSR count). The number of hydrogen-bond donors (Lipinski definition) is 2. The fraction of sp³-hybridized carbons (Fsp3) is 0.667. The largest absolute Gasteiger partial charge is 0.481 e. The molecule has 1 aromatic heterocycles. The molecule has 7 heteroatoms. The van der Waals surface area contributed by atoms with Crippen LogP contribution in [0.3, 0.4) is 0 Å². The SMILES string of the molecule is O=C(O)CC1(NC(=O)N2CCC[C@@H](c3ccncn3)C2)CCCCC1. The molecule has 2 aliphatic rings. The molecule has 0 unspecified atom stereocenters. The van der Waals surface area contributed by atoms with E-state index in [0.29, 0.717) is 13.1 Å². The molecule has 136 valence electrons. The standard InChI is InChI=1S/C18H26N4O3/c23-16(24)11-18(7-2-1-3-8-18)21-17(25)22-10-4-5-14(12-22)15-6-9-19-13-20-15/h6,9,13-14H,1-5,7-8,10-12H2,(H,21,25)(H,23,24)/t14-/m1/s1. The summed E-state index contributed by atoms with van der Waals surface area (Å²) in [5.41, 5.74) is 0.369. The lowest BCUT2D eigenvalue weighted by Crippen LogP contribution is -2.56. The second-order valence-corrected chi connectivity index (χ2v) is 7.26. The number of urea groups is 1. The van der Waals surface area contributed by atoms with E-state index in [-0.39, 0.29) is 18.4 Å². The van der Waals surface area contributed by atoms with Crippen LogP contribution in [0.15, 0.2) is 18.6 Å². The highest BCUT2D eigenvalue weighted by Gasteiger charge is 2.37. The molecule has 1 aromatic rings. The topological polar surface area (TPSA) is 95.4 Å². The molecule has 2 heterocycles. The Hall–Kier alpha value is -2.18. The Balaban J connectivity index is 1.65. The minimum absolute atomic E-state index is 0.00190. The van der Waals surface area contributed by atoms with Gasteiger partial charge in [-0.3, -0.25) is 4.79 Å². The van der Waals surface area contributed by atoms with E-state index in [4.69, 9.17) is 0 Å². The van der Waals surface area contributed by atoms with Gasteiger partial charge in [0.25, 0.3) is 0 Å². The van der Waals surface area contributed by atoms with Crippen molar-refractivity contribution in [3.63, 3.8) is 0 Å². The number of aromatic nitrogens is 2. The third-order valence-electron chi connectivity index (χ3n) is 5.40. The van der Waals surface area contributed by atoms with Crippen molar-refractivity contribution in [2.24, 2.45) is 0 Å². The Kier molecular flexibility index (Phi) is 5.50. The molecule has 2 fully saturated rings. The van der Waals surface area contributed by atoms with Crippen molar-refractivity contribution in [1.82, 2.24) is 20.2 Å². The summed E-state index contributed by atoms with van der Waals surface area (Å²) < 4.78 is 0. The van der Waals surface area contributed by atoms with Gasteiger partial charge in [0.1, 0.15) is 6.33 Å². The van der Waals surface area contributed by atoms with Crippen LogP contribution in [0.2, 0.25) is 0 Å². The van der Waals surface area contributed by atoms with E-state index >= 15 is 0 Å². The summed E-state index contributed by atoms with van der Waals surface area (Å²) >= 11 is 0. The number of likely N-dealkylation sites (tertiary alicyclic amines) is 1. The number of carbonyl (C=O) groups is 2. The third-order valence-corrected chi connectivity index (χ3v) is 5.40. The number of carboxylic acids is 1. The molecule has 1 aliphatic carbocycles. The van der Waals surface area contributed by atoms with E-state index in [1.807, 2.05) is 11.0 Å². The summed E-state index contributed by atoms with van der Waals surface area (Å²) in [5.74, 6) is -0.635. The average molecular weight is 346 g/mol. The zero-order chi connectivity index (χ0) is 17.7. The van der Waals surface area contributed by atoms with Crippen molar-refractivity contribution in [1.29, 1.82) is 0 Å². The van der Waals surface area contributed by atoms with Crippen LogP contribution in [-0.2, 0) is 4.79 Å². The van der Waals surface area contributed by atoms with Crippen LogP contribution in [0.5, 0.6) is 0 Å². The number of nitrogens with one attached hydrogen (secondary N) is 1. The van der Waals surface area contributed by atoms with Gasteiger partial charge in [-0.05, 0) is 31.7 Å². The molecular weight excluding hydrogens is 320 g/mol. The first kappa shape index (κ1) is 17.6. The Morgan fingerprint density at radius 3 is 2.76 bits per heavy atom. The molecule has 0 radical (unpaired) electrons.